The van der Waals surface area contributed by atoms with Gasteiger partial charge in [0.2, 0.25) is 5.88 Å². The lowest BCUT2D eigenvalue weighted by molar-refractivity contribution is 0.394. The molecule has 2 nitrogen and oxygen atoms in total. The zero-order valence-corrected chi connectivity index (χ0v) is 8.32. The van der Waals surface area contributed by atoms with E-state index in [0.717, 1.165) is 10.0 Å². The van der Waals surface area contributed by atoms with Crippen LogP contribution < -0.4 is 4.74 Å². The molecule has 0 saturated heterocycles. The maximum atomic E-state index is 5.65. The van der Waals surface area contributed by atoms with Gasteiger partial charge in [-0.05, 0) is 27.6 Å². The van der Waals surface area contributed by atoms with Crippen molar-refractivity contribution in [1.29, 1.82) is 0 Å². The summed E-state index contributed by atoms with van der Waals surface area (Å²) in [5, 5.41) is 0. The lowest BCUT2D eigenvalue weighted by Crippen LogP contribution is -1.91. The number of nitrogens with zero attached hydrogens (tertiary/aromatic N) is 1. The van der Waals surface area contributed by atoms with Crippen LogP contribution in [0.15, 0.2) is 16.7 Å². The Kier molecular flexibility index (Phi) is 3.15. The number of halogens is 2. The first-order valence-electron chi connectivity index (χ1n) is 3.03. The molecule has 0 aliphatic rings. The molecule has 0 aromatic carbocycles. The molecule has 0 amide bonds. The maximum Gasteiger partial charge on any atom is 0.227 e. The molecular weight excluding hydrogens is 229 g/mol. The lowest BCUT2D eigenvalue weighted by atomic mass is 10.3. The zero-order chi connectivity index (χ0) is 8.27. The molecule has 0 spiro atoms. The van der Waals surface area contributed by atoms with Crippen molar-refractivity contribution < 1.29 is 4.74 Å². The molecule has 4 heteroatoms. The summed E-state index contributed by atoms with van der Waals surface area (Å²) in [6, 6.07) is 1.85. The second-order valence-electron chi connectivity index (χ2n) is 1.93. The normalized spacial score (nSPS) is 9.73. The van der Waals surface area contributed by atoms with Gasteiger partial charge >= 0.3 is 0 Å². The number of hydrogen-bond donors (Lipinski definition) is 0. The van der Waals surface area contributed by atoms with Gasteiger partial charge in [-0.25, -0.2) is 4.98 Å². The van der Waals surface area contributed by atoms with Crippen LogP contribution in [0.2, 0.25) is 0 Å². The summed E-state index contributed by atoms with van der Waals surface area (Å²) in [6.45, 7) is 0. The second kappa shape index (κ2) is 3.93. The van der Waals surface area contributed by atoms with E-state index in [2.05, 4.69) is 20.9 Å². The number of methoxy groups -OCH3 is 1. The smallest absolute Gasteiger partial charge is 0.227 e. The van der Waals surface area contributed by atoms with Gasteiger partial charge in [0.15, 0.2) is 0 Å². The molecule has 1 aromatic heterocycles. The molecule has 0 bridgehead atoms. The van der Waals surface area contributed by atoms with E-state index in [4.69, 9.17) is 16.3 Å². The van der Waals surface area contributed by atoms with E-state index in [1.807, 2.05) is 6.07 Å². The predicted octanol–water partition coefficient (Wildman–Crippen LogP) is 2.59. The van der Waals surface area contributed by atoms with Crippen molar-refractivity contribution in [2.45, 2.75) is 5.88 Å². The summed E-state index contributed by atoms with van der Waals surface area (Å²) in [5.41, 5.74) is 0.985. The highest BCUT2D eigenvalue weighted by atomic mass is 79.9. The fraction of sp³-hybridized carbons (Fsp3) is 0.286. The van der Waals surface area contributed by atoms with Crippen LogP contribution in [0.5, 0.6) is 5.88 Å². The van der Waals surface area contributed by atoms with Crippen molar-refractivity contribution in [3.63, 3.8) is 0 Å². The molecule has 1 aromatic rings. The average Bonchev–Trinajstić information content (AvgIpc) is 2.05. The van der Waals surface area contributed by atoms with Gasteiger partial charge in [0.1, 0.15) is 0 Å². The molecule has 0 fully saturated rings. The van der Waals surface area contributed by atoms with Crippen LogP contribution in [-0.2, 0) is 5.88 Å². The maximum absolute atomic E-state index is 5.65. The molecule has 0 unspecified atom stereocenters. The minimum Gasteiger partial charge on any atom is -0.480 e. The van der Waals surface area contributed by atoms with E-state index in [-0.39, 0.29) is 0 Å². The molecule has 1 heterocycles. The van der Waals surface area contributed by atoms with Gasteiger partial charge < -0.3 is 4.74 Å². The molecule has 0 atom stereocenters. The van der Waals surface area contributed by atoms with Crippen molar-refractivity contribution >= 4 is 27.5 Å². The van der Waals surface area contributed by atoms with Crippen LogP contribution in [0.3, 0.4) is 0 Å². The first kappa shape index (κ1) is 8.81. The Morgan fingerprint density at radius 3 is 3.00 bits per heavy atom. The Balaban J connectivity index is 3.10. The Morgan fingerprint density at radius 2 is 2.45 bits per heavy atom. The third-order valence-corrected chi connectivity index (χ3v) is 2.41. The van der Waals surface area contributed by atoms with Crippen LogP contribution in [0.1, 0.15) is 5.56 Å². The van der Waals surface area contributed by atoms with Crippen LogP contribution in [0.4, 0.5) is 0 Å². The summed E-state index contributed by atoms with van der Waals surface area (Å²) in [6.07, 6.45) is 1.67. The van der Waals surface area contributed by atoms with Crippen molar-refractivity contribution in [3.05, 3.63) is 22.3 Å². The topological polar surface area (TPSA) is 22.1 Å². The van der Waals surface area contributed by atoms with Crippen molar-refractivity contribution in [3.8, 4) is 5.88 Å². The molecule has 0 radical (unpaired) electrons. The van der Waals surface area contributed by atoms with Gasteiger partial charge in [0.25, 0.3) is 0 Å². The van der Waals surface area contributed by atoms with Gasteiger partial charge in [-0.2, -0.15) is 0 Å². The van der Waals surface area contributed by atoms with Gasteiger partial charge in [0, 0.05) is 12.1 Å². The van der Waals surface area contributed by atoms with E-state index in [0.29, 0.717) is 11.8 Å². The molecule has 1 rings (SSSR count). The van der Waals surface area contributed by atoms with Gasteiger partial charge in [0.05, 0.1) is 11.6 Å². The van der Waals surface area contributed by atoms with E-state index in [9.17, 15) is 0 Å². The van der Waals surface area contributed by atoms with E-state index < -0.39 is 0 Å². The first-order chi connectivity index (χ1) is 5.29. The van der Waals surface area contributed by atoms with Crippen LogP contribution in [-0.4, -0.2) is 12.1 Å². The summed E-state index contributed by atoms with van der Waals surface area (Å²) in [7, 11) is 1.57. The minimum atomic E-state index is 0.458. The average molecular weight is 236 g/mol. The molecule has 0 aliphatic carbocycles. The quantitative estimate of drug-likeness (QED) is 0.737. The molecule has 11 heavy (non-hydrogen) atoms. The number of aromatic nitrogens is 1. The zero-order valence-electron chi connectivity index (χ0n) is 5.97. The Bertz CT molecular complexity index is 232. The van der Waals surface area contributed by atoms with Gasteiger partial charge in [-0.1, -0.05) is 0 Å². The van der Waals surface area contributed by atoms with Gasteiger partial charge in [-0.15, -0.1) is 11.6 Å². The molecule has 0 aliphatic heterocycles. The Labute approximate surface area is 78.7 Å². The summed E-state index contributed by atoms with van der Waals surface area (Å²) >= 11 is 8.98. The second-order valence-corrected chi connectivity index (χ2v) is 2.99. The molecule has 60 valence electrons. The standard InChI is InChI=1S/C7H7BrClNO/c1-11-7-6(8)5(4-9)2-3-10-7/h2-3H,4H2,1H3. The highest BCUT2D eigenvalue weighted by Gasteiger charge is 2.04. The largest absolute Gasteiger partial charge is 0.480 e. The third-order valence-electron chi connectivity index (χ3n) is 1.27. The van der Waals surface area contributed by atoms with Crippen molar-refractivity contribution in [2.75, 3.05) is 7.11 Å². The molecule has 0 saturated carbocycles. The van der Waals surface area contributed by atoms with Crippen LogP contribution >= 0.6 is 27.5 Å². The monoisotopic (exact) mass is 235 g/mol. The Hall–Kier alpha value is -0.280. The van der Waals surface area contributed by atoms with Crippen molar-refractivity contribution in [1.82, 2.24) is 4.98 Å². The van der Waals surface area contributed by atoms with Crippen molar-refractivity contribution in [2.24, 2.45) is 0 Å². The van der Waals surface area contributed by atoms with Crippen LogP contribution in [0.25, 0.3) is 0 Å². The van der Waals surface area contributed by atoms with E-state index >= 15 is 0 Å². The predicted molar refractivity (Wildman–Crippen MR) is 48.0 cm³/mol. The number of ether oxygens (including phenoxy) is 1. The summed E-state index contributed by atoms with van der Waals surface area (Å²) in [5.74, 6) is 1.03. The summed E-state index contributed by atoms with van der Waals surface area (Å²) in [4.78, 5) is 3.98. The fourth-order valence-electron chi connectivity index (χ4n) is 0.708. The number of alkyl halides is 1. The lowest BCUT2D eigenvalue weighted by Gasteiger charge is -2.03. The number of rotatable bonds is 2. The SMILES string of the molecule is COc1nccc(CCl)c1Br. The number of pyridine rings is 1. The Morgan fingerprint density at radius 1 is 1.73 bits per heavy atom. The van der Waals surface area contributed by atoms with E-state index in [1.54, 1.807) is 13.3 Å². The molecular formula is C7H7BrClNO. The highest BCUT2D eigenvalue weighted by molar-refractivity contribution is 9.10. The summed E-state index contributed by atoms with van der Waals surface area (Å²) < 4.78 is 5.80. The van der Waals surface area contributed by atoms with Gasteiger partial charge in [-0.3, -0.25) is 0 Å². The highest BCUT2D eigenvalue weighted by Crippen LogP contribution is 2.26. The third kappa shape index (κ3) is 1.84. The molecule has 0 N–H and O–H groups in total. The van der Waals surface area contributed by atoms with E-state index in [1.165, 1.54) is 0 Å². The first-order valence-corrected chi connectivity index (χ1v) is 4.35. The number of hydrogen-bond acceptors (Lipinski definition) is 2. The minimum absolute atomic E-state index is 0.458. The van der Waals surface area contributed by atoms with Crippen LogP contribution in [0, 0.1) is 0 Å². The fourth-order valence-corrected chi connectivity index (χ4v) is 1.63.